The minimum absolute atomic E-state index is 0.164. The molecule has 0 bridgehead atoms. The lowest BCUT2D eigenvalue weighted by atomic mass is 10.2. The van der Waals surface area contributed by atoms with E-state index in [1.807, 2.05) is 37.8 Å². The van der Waals surface area contributed by atoms with Gasteiger partial charge in [-0.25, -0.2) is 8.42 Å². The van der Waals surface area contributed by atoms with E-state index in [2.05, 4.69) is 5.32 Å². The summed E-state index contributed by atoms with van der Waals surface area (Å²) in [4.78, 5) is 15.1. The summed E-state index contributed by atoms with van der Waals surface area (Å²) in [5, 5.41) is 2.90. The van der Waals surface area contributed by atoms with Gasteiger partial charge in [-0.2, -0.15) is 4.31 Å². The highest BCUT2D eigenvalue weighted by Crippen LogP contribution is 2.30. The monoisotopic (exact) mass is 461 g/mol. The van der Waals surface area contributed by atoms with Crippen LogP contribution in [0.1, 0.15) is 18.1 Å². The molecular formula is C23H31N3O5S. The first-order valence-electron chi connectivity index (χ1n) is 10.5. The van der Waals surface area contributed by atoms with Gasteiger partial charge in [-0.15, -0.1) is 0 Å². The fourth-order valence-electron chi connectivity index (χ4n) is 3.89. The Bertz CT molecular complexity index is 1080. The molecule has 1 atom stereocenters. The Balaban J connectivity index is 1.62. The van der Waals surface area contributed by atoms with Gasteiger partial charge in [-0.3, -0.25) is 9.69 Å². The predicted octanol–water partition coefficient (Wildman–Crippen LogP) is 2.65. The maximum atomic E-state index is 13.1. The normalized spacial score (nSPS) is 16.4. The lowest BCUT2D eigenvalue weighted by Crippen LogP contribution is -2.54. The summed E-state index contributed by atoms with van der Waals surface area (Å²) in [6.07, 6.45) is 0. The molecule has 0 radical (unpaired) electrons. The Morgan fingerprint density at radius 2 is 1.62 bits per heavy atom. The largest absolute Gasteiger partial charge is 0.493 e. The molecule has 0 saturated carbocycles. The first-order chi connectivity index (χ1) is 15.2. The van der Waals surface area contributed by atoms with Gasteiger partial charge < -0.3 is 14.8 Å². The third kappa shape index (κ3) is 5.06. The summed E-state index contributed by atoms with van der Waals surface area (Å²) in [5.41, 5.74) is 2.38. The summed E-state index contributed by atoms with van der Waals surface area (Å²) in [6.45, 7) is 7.21. The fourth-order valence-corrected chi connectivity index (χ4v) is 5.51. The highest BCUT2D eigenvalue weighted by molar-refractivity contribution is 7.89. The van der Waals surface area contributed by atoms with E-state index in [1.54, 1.807) is 31.4 Å². The van der Waals surface area contributed by atoms with Gasteiger partial charge in [0.1, 0.15) is 0 Å². The van der Waals surface area contributed by atoms with Crippen molar-refractivity contribution < 1.29 is 22.7 Å². The van der Waals surface area contributed by atoms with Crippen LogP contribution in [0.15, 0.2) is 41.3 Å². The van der Waals surface area contributed by atoms with Crippen LogP contribution >= 0.6 is 0 Å². The van der Waals surface area contributed by atoms with Crippen LogP contribution in [0.4, 0.5) is 5.69 Å². The number of methoxy groups -OCH3 is 2. The number of nitrogens with zero attached hydrogens (tertiary/aromatic N) is 2. The Morgan fingerprint density at radius 1 is 0.969 bits per heavy atom. The molecule has 1 N–H and O–H groups in total. The summed E-state index contributed by atoms with van der Waals surface area (Å²) < 4.78 is 38.2. The number of hydrogen-bond donors (Lipinski definition) is 1. The molecule has 9 heteroatoms. The van der Waals surface area contributed by atoms with Crippen molar-refractivity contribution in [1.82, 2.24) is 9.21 Å². The number of carbonyl (C=O) groups is 1. The number of hydrogen-bond acceptors (Lipinski definition) is 6. The van der Waals surface area contributed by atoms with E-state index in [0.717, 1.165) is 11.1 Å². The summed E-state index contributed by atoms with van der Waals surface area (Å²) in [7, 11) is -0.468. The van der Waals surface area contributed by atoms with Gasteiger partial charge in [0.2, 0.25) is 15.9 Å². The predicted molar refractivity (Wildman–Crippen MR) is 124 cm³/mol. The second kappa shape index (κ2) is 9.89. The zero-order valence-electron chi connectivity index (χ0n) is 19.2. The molecule has 1 saturated heterocycles. The number of aryl methyl sites for hydroxylation is 2. The summed E-state index contributed by atoms with van der Waals surface area (Å²) in [6, 6.07) is 10.1. The van der Waals surface area contributed by atoms with Gasteiger partial charge in [0, 0.05) is 37.9 Å². The molecule has 1 heterocycles. The Kier molecular flexibility index (Phi) is 7.43. The molecular weight excluding hydrogens is 430 g/mol. The van der Waals surface area contributed by atoms with Crippen molar-refractivity contribution in [3.63, 3.8) is 0 Å². The number of nitrogens with one attached hydrogen (secondary N) is 1. The molecule has 2 aromatic rings. The molecule has 0 aromatic heterocycles. The molecule has 8 nitrogen and oxygen atoms in total. The Morgan fingerprint density at radius 3 is 2.22 bits per heavy atom. The van der Waals surface area contributed by atoms with Crippen molar-refractivity contribution >= 4 is 21.6 Å². The fraction of sp³-hybridized carbons (Fsp3) is 0.435. The van der Waals surface area contributed by atoms with Gasteiger partial charge in [0.05, 0.1) is 25.2 Å². The zero-order chi connectivity index (χ0) is 23.5. The van der Waals surface area contributed by atoms with Crippen molar-refractivity contribution in [2.24, 2.45) is 0 Å². The van der Waals surface area contributed by atoms with Crippen molar-refractivity contribution in [2.45, 2.75) is 31.7 Å². The van der Waals surface area contributed by atoms with Crippen LogP contribution in [0.2, 0.25) is 0 Å². The third-order valence-electron chi connectivity index (χ3n) is 5.80. The Hall–Kier alpha value is -2.62. The number of amides is 1. The molecule has 2 aromatic carbocycles. The molecule has 1 amide bonds. The average Bonchev–Trinajstić information content (AvgIpc) is 2.78. The van der Waals surface area contributed by atoms with E-state index in [4.69, 9.17) is 9.47 Å². The summed E-state index contributed by atoms with van der Waals surface area (Å²) >= 11 is 0. The lowest BCUT2D eigenvalue weighted by molar-refractivity contribution is -0.121. The number of ether oxygens (including phenoxy) is 2. The van der Waals surface area contributed by atoms with Gasteiger partial charge in [-0.05, 0) is 44.5 Å². The molecule has 1 fully saturated rings. The van der Waals surface area contributed by atoms with Crippen molar-refractivity contribution in [2.75, 3.05) is 45.7 Å². The van der Waals surface area contributed by atoms with Crippen LogP contribution < -0.4 is 14.8 Å². The van der Waals surface area contributed by atoms with E-state index < -0.39 is 16.1 Å². The van der Waals surface area contributed by atoms with E-state index in [1.165, 1.54) is 11.4 Å². The topological polar surface area (TPSA) is 88.2 Å². The zero-order valence-corrected chi connectivity index (χ0v) is 20.0. The number of rotatable bonds is 7. The van der Waals surface area contributed by atoms with Crippen LogP contribution in [0.3, 0.4) is 0 Å². The highest BCUT2D eigenvalue weighted by atomic mass is 32.2. The molecule has 0 unspecified atom stereocenters. The molecule has 0 spiro atoms. The smallest absolute Gasteiger partial charge is 0.243 e. The molecule has 32 heavy (non-hydrogen) atoms. The number of anilines is 1. The van der Waals surface area contributed by atoms with Gasteiger partial charge >= 0.3 is 0 Å². The van der Waals surface area contributed by atoms with E-state index in [9.17, 15) is 13.2 Å². The van der Waals surface area contributed by atoms with Crippen LogP contribution in [0.5, 0.6) is 11.5 Å². The van der Waals surface area contributed by atoms with E-state index in [0.29, 0.717) is 48.3 Å². The van der Waals surface area contributed by atoms with Crippen molar-refractivity contribution in [1.29, 1.82) is 0 Å². The van der Waals surface area contributed by atoms with E-state index >= 15 is 0 Å². The lowest BCUT2D eigenvalue weighted by Gasteiger charge is -2.37. The van der Waals surface area contributed by atoms with Crippen LogP contribution in [0, 0.1) is 13.8 Å². The van der Waals surface area contributed by atoms with Gasteiger partial charge in [0.25, 0.3) is 0 Å². The minimum atomic E-state index is -3.56. The van der Waals surface area contributed by atoms with Crippen LogP contribution in [-0.4, -0.2) is 70.0 Å². The number of benzene rings is 2. The van der Waals surface area contributed by atoms with Crippen molar-refractivity contribution in [3.05, 3.63) is 47.5 Å². The molecule has 0 aliphatic carbocycles. The second-order valence-corrected chi connectivity index (χ2v) is 9.85. The average molecular weight is 462 g/mol. The van der Waals surface area contributed by atoms with Gasteiger partial charge in [0.15, 0.2) is 11.5 Å². The third-order valence-corrected chi connectivity index (χ3v) is 7.86. The maximum absolute atomic E-state index is 13.1. The van der Waals surface area contributed by atoms with E-state index in [-0.39, 0.29) is 5.91 Å². The molecule has 1 aliphatic heterocycles. The number of carbonyl (C=O) groups excluding carboxylic acids is 1. The van der Waals surface area contributed by atoms with Gasteiger partial charge in [-0.1, -0.05) is 17.7 Å². The number of sulfonamides is 1. The Labute approximate surface area is 190 Å². The first kappa shape index (κ1) is 24.0. The number of piperazine rings is 1. The molecule has 174 valence electrons. The maximum Gasteiger partial charge on any atom is 0.243 e. The first-order valence-corrected chi connectivity index (χ1v) is 12.0. The van der Waals surface area contributed by atoms with Crippen molar-refractivity contribution in [3.8, 4) is 11.5 Å². The SMILES string of the molecule is COc1ccc(NC(=O)[C@@H](C)N2CCN(S(=O)(=O)c3ccc(C)cc3C)CC2)cc1OC. The minimum Gasteiger partial charge on any atom is -0.493 e. The molecule has 1 aliphatic rings. The highest BCUT2D eigenvalue weighted by Gasteiger charge is 2.32. The molecule has 3 rings (SSSR count). The second-order valence-electron chi connectivity index (χ2n) is 7.94. The van der Waals surface area contributed by atoms with Crippen LogP contribution in [-0.2, 0) is 14.8 Å². The van der Waals surface area contributed by atoms with Crippen LogP contribution in [0.25, 0.3) is 0 Å². The quantitative estimate of drug-likeness (QED) is 0.682. The standard InChI is InChI=1S/C23H31N3O5S/c1-16-6-9-22(17(2)14-16)32(28,29)26-12-10-25(11-13-26)18(3)23(27)24-19-7-8-20(30-4)21(15-19)31-5/h6-9,14-15,18H,10-13H2,1-5H3,(H,24,27)/t18-/m1/s1. The summed E-state index contributed by atoms with van der Waals surface area (Å²) in [5.74, 6) is 0.950.